The van der Waals surface area contributed by atoms with Crippen LogP contribution < -0.4 is 10.1 Å². The van der Waals surface area contributed by atoms with Crippen molar-refractivity contribution in [1.82, 2.24) is 14.3 Å². The second kappa shape index (κ2) is 6.39. The minimum Gasteiger partial charge on any atom is -0.475 e. The molecule has 21 heavy (non-hydrogen) atoms. The molecule has 0 amide bonds. The van der Waals surface area contributed by atoms with E-state index in [0.29, 0.717) is 12.4 Å². The molecule has 114 valence electrons. The van der Waals surface area contributed by atoms with Gasteiger partial charge in [-0.2, -0.15) is 4.37 Å². The van der Waals surface area contributed by atoms with Crippen LogP contribution >= 0.6 is 11.5 Å². The SMILES string of the molecule is CC(C)Oc1ncccc1CNc1nc(C(C)(C)C)ns1. The Morgan fingerprint density at radius 1 is 1.33 bits per heavy atom. The highest BCUT2D eigenvalue weighted by atomic mass is 32.1. The Kier molecular flexibility index (Phi) is 4.77. The maximum absolute atomic E-state index is 5.71. The number of aromatic nitrogens is 3. The van der Waals surface area contributed by atoms with Crippen molar-refractivity contribution in [3.63, 3.8) is 0 Å². The normalized spacial score (nSPS) is 11.7. The summed E-state index contributed by atoms with van der Waals surface area (Å²) in [5.41, 5.74) is 0.982. The molecule has 2 aromatic heterocycles. The van der Waals surface area contributed by atoms with Gasteiger partial charge >= 0.3 is 0 Å². The fourth-order valence-corrected chi connectivity index (χ4v) is 2.41. The highest BCUT2D eigenvalue weighted by Crippen LogP contribution is 2.24. The molecule has 0 aliphatic heterocycles. The van der Waals surface area contributed by atoms with Crippen LogP contribution in [0.25, 0.3) is 0 Å². The third-order valence-electron chi connectivity index (χ3n) is 2.72. The van der Waals surface area contributed by atoms with Crippen LogP contribution in [-0.2, 0) is 12.0 Å². The van der Waals surface area contributed by atoms with Crippen molar-refractivity contribution in [3.8, 4) is 5.88 Å². The molecule has 0 saturated carbocycles. The van der Waals surface area contributed by atoms with Crippen LogP contribution in [0.15, 0.2) is 18.3 Å². The van der Waals surface area contributed by atoms with Gasteiger partial charge in [0.05, 0.1) is 6.10 Å². The van der Waals surface area contributed by atoms with Gasteiger partial charge in [-0.1, -0.05) is 26.8 Å². The fraction of sp³-hybridized carbons (Fsp3) is 0.533. The van der Waals surface area contributed by atoms with Gasteiger partial charge in [0.15, 0.2) is 0 Å². The molecule has 2 aromatic rings. The molecule has 0 saturated heterocycles. The first-order valence-electron chi connectivity index (χ1n) is 7.05. The zero-order valence-corrected chi connectivity index (χ0v) is 14.0. The Labute approximate surface area is 130 Å². The third-order valence-corrected chi connectivity index (χ3v) is 3.40. The quantitative estimate of drug-likeness (QED) is 0.914. The summed E-state index contributed by atoms with van der Waals surface area (Å²) in [6.07, 6.45) is 1.84. The topological polar surface area (TPSA) is 59.9 Å². The van der Waals surface area contributed by atoms with Gasteiger partial charge in [-0.25, -0.2) is 9.97 Å². The Bertz CT molecular complexity index is 589. The minimum absolute atomic E-state index is 0.0311. The molecule has 0 aromatic carbocycles. The zero-order valence-electron chi connectivity index (χ0n) is 13.2. The molecule has 0 atom stereocenters. The Balaban J connectivity index is 2.05. The molecule has 2 heterocycles. The maximum atomic E-state index is 5.71. The van der Waals surface area contributed by atoms with Crippen LogP contribution in [0.3, 0.4) is 0 Å². The second-order valence-electron chi connectivity index (χ2n) is 6.16. The Hall–Kier alpha value is -1.69. The van der Waals surface area contributed by atoms with Crippen molar-refractivity contribution in [2.75, 3.05) is 5.32 Å². The van der Waals surface area contributed by atoms with Gasteiger partial charge in [-0.05, 0) is 19.9 Å². The van der Waals surface area contributed by atoms with Gasteiger partial charge in [-0.3, -0.25) is 0 Å². The number of nitrogens with one attached hydrogen (secondary N) is 1. The smallest absolute Gasteiger partial charge is 0.218 e. The molecule has 0 bridgehead atoms. The first kappa shape index (κ1) is 15.7. The average Bonchev–Trinajstić information content (AvgIpc) is 2.86. The van der Waals surface area contributed by atoms with Gasteiger partial charge in [0.1, 0.15) is 5.82 Å². The van der Waals surface area contributed by atoms with E-state index in [9.17, 15) is 0 Å². The lowest BCUT2D eigenvalue weighted by Gasteiger charge is -2.13. The van der Waals surface area contributed by atoms with Crippen LogP contribution in [-0.4, -0.2) is 20.4 Å². The van der Waals surface area contributed by atoms with E-state index in [2.05, 4.69) is 40.4 Å². The summed E-state index contributed by atoms with van der Waals surface area (Å²) in [5, 5.41) is 4.11. The van der Waals surface area contributed by atoms with Crippen molar-refractivity contribution in [2.45, 2.75) is 52.7 Å². The van der Waals surface area contributed by atoms with Crippen molar-refractivity contribution in [2.24, 2.45) is 0 Å². The number of anilines is 1. The van der Waals surface area contributed by atoms with Gasteiger partial charge in [0.25, 0.3) is 0 Å². The van der Waals surface area contributed by atoms with E-state index in [1.54, 1.807) is 6.20 Å². The van der Waals surface area contributed by atoms with Crippen molar-refractivity contribution >= 4 is 16.7 Å². The van der Waals surface area contributed by atoms with E-state index in [1.165, 1.54) is 11.5 Å². The van der Waals surface area contributed by atoms with Crippen molar-refractivity contribution in [3.05, 3.63) is 29.7 Å². The molecular formula is C15H22N4OS. The lowest BCUT2D eigenvalue weighted by molar-refractivity contribution is 0.230. The largest absolute Gasteiger partial charge is 0.475 e. The summed E-state index contributed by atoms with van der Waals surface area (Å²) >= 11 is 1.38. The van der Waals surface area contributed by atoms with E-state index in [4.69, 9.17) is 4.74 Å². The predicted octanol–water partition coefficient (Wildman–Crippen LogP) is 3.63. The van der Waals surface area contributed by atoms with Gasteiger partial charge < -0.3 is 10.1 Å². The lowest BCUT2D eigenvalue weighted by atomic mass is 9.96. The first-order chi connectivity index (χ1) is 9.86. The van der Waals surface area contributed by atoms with Crippen LogP contribution in [0.4, 0.5) is 5.13 Å². The zero-order chi connectivity index (χ0) is 15.5. The molecule has 0 spiro atoms. The van der Waals surface area contributed by atoms with Crippen LogP contribution in [0, 0.1) is 0 Å². The maximum Gasteiger partial charge on any atom is 0.218 e. The highest BCUT2D eigenvalue weighted by molar-refractivity contribution is 7.09. The molecule has 6 heteroatoms. The number of pyridine rings is 1. The summed E-state index contributed by atoms with van der Waals surface area (Å²) in [6.45, 7) is 10.9. The van der Waals surface area contributed by atoms with Crippen LogP contribution in [0.5, 0.6) is 5.88 Å². The summed E-state index contributed by atoms with van der Waals surface area (Å²) < 4.78 is 10.1. The average molecular weight is 306 g/mol. The third kappa shape index (κ3) is 4.39. The molecule has 0 radical (unpaired) electrons. The van der Waals surface area contributed by atoms with E-state index in [1.807, 2.05) is 26.0 Å². The molecular weight excluding hydrogens is 284 g/mol. The van der Waals surface area contributed by atoms with E-state index >= 15 is 0 Å². The second-order valence-corrected chi connectivity index (χ2v) is 6.91. The number of hydrogen-bond acceptors (Lipinski definition) is 6. The van der Waals surface area contributed by atoms with E-state index in [0.717, 1.165) is 16.5 Å². The number of ether oxygens (including phenoxy) is 1. The minimum atomic E-state index is -0.0311. The monoisotopic (exact) mass is 306 g/mol. The van der Waals surface area contributed by atoms with Gasteiger partial charge in [0, 0.05) is 35.3 Å². The molecule has 0 aliphatic carbocycles. The standard InChI is InChI=1S/C15H22N4OS/c1-10(2)20-12-11(7-6-8-16-12)9-17-14-18-13(19-21-14)15(3,4)5/h6-8,10H,9H2,1-5H3,(H,17,18,19). The number of nitrogens with zero attached hydrogens (tertiary/aromatic N) is 3. The van der Waals surface area contributed by atoms with Gasteiger partial charge in [-0.15, -0.1) is 0 Å². The molecule has 5 nitrogen and oxygen atoms in total. The van der Waals surface area contributed by atoms with Crippen LogP contribution in [0.1, 0.15) is 46.0 Å². The first-order valence-corrected chi connectivity index (χ1v) is 7.82. The van der Waals surface area contributed by atoms with E-state index in [-0.39, 0.29) is 11.5 Å². The lowest BCUT2D eigenvalue weighted by Crippen LogP contribution is -2.13. The predicted molar refractivity (Wildman–Crippen MR) is 85.9 cm³/mol. The number of hydrogen-bond donors (Lipinski definition) is 1. The van der Waals surface area contributed by atoms with Crippen molar-refractivity contribution in [1.29, 1.82) is 0 Å². The summed E-state index contributed by atoms with van der Waals surface area (Å²) in [5.74, 6) is 1.53. The molecule has 0 unspecified atom stereocenters. The molecule has 1 N–H and O–H groups in total. The van der Waals surface area contributed by atoms with Gasteiger partial charge in [0.2, 0.25) is 11.0 Å². The molecule has 2 rings (SSSR count). The van der Waals surface area contributed by atoms with Crippen LogP contribution in [0.2, 0.25) is 0 Å². The Morgan fingerprint density at radius 2 is 2.10 bits per heavy atom. The Morgan fingerprint density at radius 3 is 2.71 bits per heavy atom. The summed E-state index contributed by atoms with van der Waals surface area (Å²) in [6, 6.07) is 3.91. The summed E-state index contributed by atoms with van der Waals surface area (Å²) in [4.78, 5) is 8.80. The van der Waals surface area contributed by atoms with E-state index < -0.39 is 0 Å². The fourth-order valence-electron chi connectivity index (χ4n) is 1.66. The van der Waals surface area contributed by atoms with Crippen molar-refractivity contribution < 1.29 is 4.74 Å². The number of rotatable bonds is 5. The highest BCUT2D eigenvalue weighted by Gasteiger charge is 2.19. The molecule has 0 fully saturated rings. The summed E-state index contributed by atoms with van der Waals surface area (Å²) in [7, 11) is 0. The molecule has 0 aliphatic rings.